The van der Waals surface area contributed by atoms with E-state index in [0.717, 1.165) is 11.1 Å². The summed E-state index contributed by atoms with van der Waals surface area (Å²) in [7, 11) is 0. The van der Waals surface area contributed by atoms with Gasteiger partial charge in [-0.15, -0.1) is 0 Å². The lowest BCUT2D eigenvalue weighted by Crippen LogP contribution is -2.06. The highest BCUT2D eigenvalue weighted by molar-refractivity contribution is 6.31. The third-order valence-electron chi connectivity index (χ3n) is 2.23. The van der Waals surface area contributed by atoms with Crippen LogP contribution in [-0.2, 0) is 11.2 Å². The molecule has 1 aromatic carbocycles. The summed E-state index contributed by atoms with van der Waals surface area (Å²) in [4.78, 5) is 11.6. The van der Waals surface area contributed by atoms with Gasteiger partial charge in [0.25, 0.3) is 0 Å². The smallest absolute Gasteiger partial charge is 0.137 e. The molecule has 0 aliphatic heterocycles. The number of rotatable bonds is 4. The first kappa shape index (κ1) is 12.3. The lowest BCUT2D eigenvalue weighted by Gasteiger charge is -2.06. The van der Waals surface area contributed by atoms with Crippen molar-refractivity contribution in [3.8, 4) is 0 Å². The molecule has 0 radical (unpaired) electrons. The van der Waals surface area contributed by atoms with Crippen molar-refractivity contribution in [2.45, 2.75) is 33.6 Å². The Morgan fingerprint density at radius 3 is 2.60 bits per heavy atom. The minimum atomic E-state index is 0.260. The number of hydrogen-bond acceptors (Lipinski definition) is 1. The van der Waals surface area contributed by atoms with Crippen LogP contribution in [0.2, 0.25) is 5.02 Å². The lowest BCUT2D eigenvalue weighted by atomic mass is 10.0. The molecule has 0 saturated heterocycles. The average molecular weight is 225 g/mol. The second-order valence-electron chi connectivity index (χ2n) is 4.41. The molecule has 0 heterocycles. The van der Waals surface area contributed by atoms with Gasteiger partial charge in [-0.2, -0.15) is 0 Å². The first-order valence-corrected chi connectivity index (χ1v) is 5.63. The predicted molar refractivity (Wildman–Crippen MR) is 64.4 cm³/mol. The van der Waals surface area contributed by atoms with Gasteiger partial charge in [0.2, 0.25) is 0 Å². The Morgan fingerprint density at radius 1 is 1.40 bits per heavy atom. The van der Waals surface area contributed by atoms with E-state index >= 15 is 0 Å². The Hall–Kier alpha value is -0.820. The summed E-state index contributed by atoms with van der Waals surface area (Å²) in [5.74, 6) is 0.678. The minimum Gasteiger partial charge on any atom is -0.299 e. The van der Waals surface area contributed by atoms with E-state index in [1.54, 1.807) is 0 Å². The van der Waals surface area contributed by atoms with E-state index in [1.807, 2.05) is 25.1 Å². The molecule has 15 heavy (non-hydrogen) atoms. The van der Waals surface area contributed by atoms with Gasteiger partial charge in [0.15, 0.2) is 0 Å². The molecule has 0 spiro atoms. The SMILES string of the molecule is Cc1ccc(CC(=O)CC(C)C)c(Cl)c1. The van der Waals surface area contributed by atoms with E-state index in [0.29, 0.717) is 23.8 Å². The van der Waals surface area contributed by atoms with Crippen LogP contribution < -0.4 is 0 Å². The Bertz CT molecular complexity index is 356. The van der Waals surface area contributed by atoms with Crippen LogP contribution in [0.5, 0.6) is 0 Å². The summed E-state index contributed by atoms with van der Waals surface area (Å²) in [5, 5.41) is 0.701. The Labute approximate surface area is 96.5 Å². The molecule has 0 unspecified atom stereocenters. The average Bonchev–Trinajstić information content (AvgIpc) is 2.08. The maximum Gasteiger partial charge on any atom is 0.137 e. The maximum atomic E-state index is 11.6. The molecule has 82 valence electrons. The monoisotopic (exact) mass is 224 g/mol. The lowest BCUT2D eigenvalue weighted by molar-refractivity contribution is -0.119. The van der Waals surface area contributed by atoms with E-state index in [1.165, 1.54) is 0 Å². The van der Waals surface area contributed by atoms with Crippen LogP contribution in [0.1, 0.15) is 31.4 Å². The Balaban J connectivity index is 2.68. The number of aryl methyl sites for hydroxylation is 1. The minimum absolute atomic E-state index is 0.260. The van der Waals surface area contributed by atoms with Gasteiger partial charge in [0.05, 0.1) is 0 Å². The molecule has 0 aliphatic rings. The zero-order chi connectivity index (χ0) is 11.4. The first-order chi connectivity index (χ1) is 6.99. The number of ketones is 1. The first-order valence-electron chi connectivity index (χ1n) is 5.25. The number of carbonyl (C=O) groups excluding carboxylic acids is 1. The molecule has 0 saturated carbocycles. The predicted octanol–water partition coefficient (Wildman–Crippen LogP) is 3.81. The molecule has 1 rings (SSSR count). The second-order valence-corrected chi connectivity index (χ2v) is 4.82. The fraction of sp³-hybridized carbons (Fsp3) is 0.462. The van der Waals surface area contributed by atoms with Crippen molar-refractivity contribution in [2.75, 3.05) is 0 Å². The van der Waals surface area contributed by atoms with Gasteiger partial charge in [-0.25, -0.2) is 0 Å². The van der Waals surface area contributed by atoms with Crippen LogP contribution in [-0.4, -0.2) is 5.78 Å². The molecular formula is C13H17ClO. The van der Waals surface area contributed by atoms with E-state index in [-0.39, 0.29) is 5.78 Å². The van der Waals surface area contributed by atoms with Gasteiger partial charge in [-0.3, -0.25) is 4.79 Å². The Morgan fingerprint density at radius 2 is 2.07 bits per heavy atom. The molecule has 0 fully saturated rings. The molecule has 0 aliphatic carbocycles. The highest BCUT2D eigenvalue weighted by Crippen LogP contribution is 2.19. The summed E-state index contributed by atoms with van der Waals surface area (Å²) in [5.41, 5.74) is 2.06. The van der Waals surface area contributed by atoms with Gasteiger partial charge in [-0.05, 0) is 30.0 Å². The van der Waals surface area contributed by atoms with Crippen LogP contribution in [0.3, 0.4) is 0 Å². The number of halogens is 1. The number of carbonyl (C=O) groups is 1. The van der Waals surface area contributed by atoms with E-state index in [2.05, 4.69) is 13.8 Å². The van der Waals surface area contributed by atoms with Gasteiger partial charge in [-0.1, -0.05) is 37.6 Å². The number of hydrogen-bond donors (Lipinski definition) is 0. The van der Waals surface area contributed by atoms with Crippen molar-refractivity contribution >= 4 is 17.4 Å². The van der Waals surface area contributed by atoms with Crippen molar-refractivity contribution in [1.82, 2.24) is 0 Å². The van der Waals surface area contributed by atoms with Crippen molar-refractivity contribution in [3.05, 3.63) is 34.3 Å². The zero-order valence-corrected chi connectivity index (χ0v) is 10.3. The third-order valence-corrected chi connectivity index (χ3v) is 2.58. The van der Waals surface area contributed by atoms with E-state index < -0.39 is 0 Å². The molecule has 0 aromatic heterocycles. The fourth-order valence-electron chi connectivity index (χ4n) is 1.54. The fourth-order valence-corrected chi connectivity index (χ4v) is 1.84. The molecule has 0 atom stereocenters. The third kappa shape index (κ3) is 4.05. The van der Waals surface area contributed by atoms with E-state index in [9.17, 15) is 4.79 Å². The van der Waals surface area contributed by atoms with Crippen LogP contribution >= 0.6 is 11.6 Å². The maximum absolute atomic E-state index is 11.6. The van der Waals surface area contributed by atoms with Crippen molar-refractivity contribution < 1.29 is 4.79 Å². The standard InChI is InChI=1S/C13H17ClO/c1-9(2)6-12(15)8-11-5-4-10(3)7-13(11)14/h4-5,7,9H,6,8H2,1-3H3. The summed E-state index contributed by atoms with van der Waals surface area (Å²) in [6.07, 6.45) is 1.08. The van der Waals surface area contributed by atoms with Gasteiger partial charge < -0.3 is 0 Å². The summed E-state index contributed by atoms with van der Waals surface area (Å²) in [6.45, 7) is 6.09. The largest absolute Gasteiger partial charge is 0.299 e. The summed E-state index contributed by atoms with van der Waals surface area (Å²) >= 11 is 6.06. The topological polar surface area (TPSA) is 17.1 Å². The van der Waals surface area contributed by atoms with Crippen LogP contribution in [0.25, 0.3) is 0 Å². The molecule has 0 N–H and O–H groups in total. The van der Waals surface area contributed by atoms with Crippen LogP contribution in [0.15, 0.2) is 18.2 Å². The van der Waals surface area contributed by atoms with Crippen molar-refractivity contribution in [3.63, 3.8) is 0 Å². The van der Waals surface area contributed by atoms with Crippen molar-refractivity contribution in [2.24, 2.45) is 5.92 Å². The molecule has 1 aromatic rings. The summed E-state index contributed by atoms with van der Waals surface area (Å²) < 4.78 is 0. The second kappa shape index (κ2) is 5.32. The van der Waals surface area contributed by atoms with Gasteiger partial charge in [0, 0.05) is 17.9 Å². The molecule has 1 nitrogen and oxygen atoms in total. The summed E-state index contributed by atoms with van der Waals surface area (Å²) in [6, 6.07) is 5.83. The van der Waals surface area contributed by atoms with Gasteiger partial charge >= 0.3 is 0 Å². The number of Topliss-reactive ketones (excluding diaryl/α,β-unsaturated/α-hetero) is 1. The van der Waals surface area contributed by atoms with Gasteiger partial charge in [0.1, 0.15) is 5.78 Å². The van der Waals surface area contributed by atoms with Crippen molar-refractivity contribution in [1.29, 1.82) is 0 Å². The highest BCUT2D eigenvalue weighted by Gasteiger charge is 2.08. The van der Waals surface area contributed by atoms with Crippen LogP contribution in [0.4, 0.5) is 0 Å². The van der Waals surface area contributed by atoms with E-state index in [4.69, 9.17) is 11.6 Å². The molecule has 0 bridgehead atoms. The number of benzene rings is 1. The highest BCUT2D eigenvalue weighted by atomic mass is 35.5. The normalized spacial score (nSPS) is 10.7. The molecule has 0 amide bonds. The zero-order valence-electron chi connectivity index (χ0n) is 9.51. The quantitative estimate of drug-likeness (QED) is 0.760. The molecular weight excluding hydrogens is 208 g/mol. The molecule has 2 heteroatoms. The van der Waals surface area contributed by atoms with Crippen LogP contribution in [0, 0.1) is 12.8 Å². The Kier molecular flexibility index (Phi) is 4.34.